The molecule has 1 N–H and O–H groups in total. The summed E-state index contributed by atoms with van der Waals surface area (Å²) in [6.07, 6.45) is -2.98. The van der Waals surface area contributed by atoms with Crippen LogP contribution >= 0.6 is 0 Å². The molecule has 3 rings (SSSR count). The molecule has 1 aliphatic heterocycles. The number of alkyl carbamates (subject to hydrolysis) is 1. The number of hydrogen-bond acceptors (Lipinski definition) is 4. The monoisotopic (exact) mass is 414 g/mol. The summed E-state index contributed by atoms with van der Waals surface area (Å²) in [5.74, 6) is -0.232. The molecular formula is C20H25F3N2O4. The fourth-order valence-corrected chi connectivity index (χ4v) is 4.25. The number of carbonyl (C=O) groups is 2. The van der Waals surface area contributed by atoms with Crippen LogP contribution in [0.15, 0.2) is 24.3 Å². The summed E-state index contributed by atoms with van der Waals surface area (Å²) in [7, 11) is 1.28. The molecule has 0 bridgehead atoms. The number of likely N-dealkylation sites (tertiary alicyclic amines) is 1. The fourth-order valence-electron chi connectivity index (χ4n) is 4.25. The zero-order valence-electron chi connectivity index (χ0n) is 16.4. The Morgan fingerprint density at radius 1 is 1.31 bits per heavy atom. The largest absolute Gasteiger partial charge is 0.573 e. The lowest BCUT2D eigenvalue weighted by Crippen LogP contribution is -2.46. The van der Waals surface area contributed by atoms with Gasteiger partial charge in [-0.2, -0.15) is 0 Å². The van der Waals surface area contributed by atoms with Gasteiger partial charge >= 0.3 is 12.5 Å². The van der Waals surface area contributed by atoms with E-state index < -0.39 is 12.5 Å². The third kappa shape index (κ3) is 4.76. The van der Waals surface area contributed by atoms with Crippen molar-refractivity contribution in [2.45, 2.75) is 38.0 Å². The number of halogens is 3. The first-order valence-corrected chi connectivity index (χ1v) is 9.65. The summed E-state index contributed by atoms with van der Waals surface area (Å²) in [5, 5.41) is 2.58. The van der Waals surface area contributed by atoms with Gasteiger partial charge in [0.25, 0.3) is 0 Å². The molecule has 2 fully saturated rings. The zero-order valence-corrected chi connectivity index (χ0v) is 16.4. The molecule has 29 heavy (non-hydrogen) atoms. The van der Waals surface area contributed by atoms with Gasteiger partial charge in [-0.15, -0.1) is 13.2 Å². The number of carbonyl (C=O) groups excluding carboxylic acids is 2. The van der Waals surface area contributed by atoms with Gasteiger partial charge in [-0.25, -0.2) is 4.79 Å². The number of methoxy groups -OCH3 is 1. The van der Waals surface area contributed by atoms with Gasteiger partial charge in [0.15, 0.2) is 0 Å². The Balaban J connectivity index is 1.58. The first-order chi connectivity index (χ1) is 13.7. The molecule has 160 valence electrons. The van der Waals surface area contributed by atoms with Gasteiger partial charge in [-0.1, -0.05) is 19.1 Å². The van der Waals surface area contributed by atoms with Crippen molar-refractivity contribution in [1.29, 1.82) is 0 Å². The lowest BCUT2D eigenvalue weighted by Gasteiger charge is -2.34. The first kappa shape index (κ1) is 21.3. The molecule has 0 spiro atoms. The minimum absolute atomic E-state index is 0.0123. The van der Waals surface area contributed by atoms with Crippen LogP contribution in [0.3, 0.4) is 0 Å². The molecule has 0 radical (unpaired) electrons. The van der Waals surface area contributed by atoms with Gasteiger partial charge in [-0.05, 0) is 42.9 Å². The van der Waals surface area contributed by atoms with Crippen molar-refractivity contribution in [1.82, 2.24) is 10.2 Å². The summed E-state index contributed by atoms with van der Waals surface area (Å²) < 4.78 is 45.4. The molecule has 1 saturated heterocycles. The summed E-state index contributed by atoms with van der Waals surface area (Å²) in [5.41, 5.74) is 0.919. The zero-order chi connectivity index (χ0) is 21.2. The SMILES string of the molecule is CC[C@H](CNC(=O)OC)C(=O)N1CCC2(c3ccc(OC(F)(F)F)cc3)CC2C1. The average Bonchev–Trinajstić information content (AvgIpc) is 3.42. The van der Waals surface area contributed by atoms with E-state index in [1.54, 1.807) is 12.1 Å². The third-order valence-electron chi connectivity index (χ3n) is 6.00. The first-order valence-electron chi connectivity index (χ1n) is 9.65. The third-order valence-corrected chi connectivity index (χ3v) is 6.00. The maximum atomic E-state index is 12.8. The van der Waals surface area contributed by atoms with Gasteiger partial charge < -0.3 is 19.7 Å². The van der Waals surface area contributed by atoms with Crippen molar-refractivity contribution in [3.05, 3.63) is 29.8 Å². The predicted octanol–water partition coefficient (Wildman–Crippen LogP) is 3.46. The topological polar surface area (TPSA) is 67.9 Å². The van der Waals surface area contributed by atoms with E-state index in [4.69, 9.17) is 0 Å². The Morgan fingerprint density at radius 2 is 2.00 bits per heavy atom. The Bertz CT molecular complexity index is 753. The van der Waals surface area contributed by atoms with Crippen molar-refractivity contribution < 1.29 is 32.2 Å². The molecule has 1 aromatic rings. The van der Waals surface area contributed by atoms with Crippen molar-refractivity contribution in [2.24, 2.45) is 11.8 Å². The van der Waals surface area contributed by atoms with Crippen LogP contribution in [-0.2, 0) is 14.9 Å². The molecule has 1 heterocycles. The standard InChI is InChI=1S/C20H25F3N2O4/c1-3-13(11-24-18(27)28-2)17(26)25-9-8-19(10-15(19)12-25)14-4-6-16(7-5-14)29-20(21,22)23/h4-7,13,15H,3,8-12H2,1-2H3,(H,24,27)/t13-,15?,19?/m1/s1. The number of benzene rings is 1. The quantitative estimate of drug-likeness (QED) is 0.774. The summed E-state index contributed by atoms with van der Waals surface area (Å²) >= 11 is 0. The van der Waals surface area contributed by atoms with Crippen LogP contribution in [-0.4, -0.2) is 50.0 Å². The van der Waals surface area contributed by atoms with E-state index in [0.29, 0.717) is 25.4 Å². The van der Waals surface area contributed by atoms with Crippen LogP contribution in [0.5, 0.6) is 5.75 Å². The van der Waals surface area contributed by atoms with Crippen molar-refractivity contribution in [3.8, 4) is 5.75 Å². The number of fused-ring (bicyclic) bond motifs is 1. The van der Waals surface area contributed by atoms with Gasteiger partial charge in [0.05, 0.1) is 13.0 Å². The minimum atomic E-state index is -4.70. The Morgan fingerprint density at radius 3 is 2.55 bits per heavy atom. The normalized spacial score (nSPS) is 24.3. The Hall–Kier alpha value is -2.45. The molecule has 2 amide bonds. The smallest absolute Gasteiger partial charge is 0.453 e. The lowest BCUT2D eigenvalue weighted by atomic mass is 9.86. The highest BCUT2D eigenvalue weighted by atomic mass is 19.4. The highest BCUT2D eigenvalue weighted by Crippen LogP contribution is 2.59. The average molecular weight is 414 g/mol. The number of ether oxygens (including phenoxy) is 2. The molecular weight excluding hydrogens is 389 g/mol. The van der Waals surface area contributed by atoms with Crippen LogP contribution < -0.4 is 10.1 Å². The number of nitrogens with zero attached hydrogens (tertiary/aromatic N) is 1. The summed E-state index contributed by atoms with van der Waals surface area (Å²) in [6.45, 7) is 3.34. The Labute approximate surface area is 167 Å². The molecule has 1 saturated carbocycles. The minimum Gasteiger partial charge on any atom is -0.453 e. The van der Waals surface area contributed by atoms with Crippen molar-refractivity contribution >= 4 is 12.0 Å². The second-order valence-corrected chi connectivity index (χ2v) is 7.64. The summed E-state index contributed by atoms with van der Waals surface area (Å²) in [4.78, 5) is 25.9. The van der Waals surface area contributed by atoms with Gasteiger partial charge in [0.1, 0.15) is 5.75 Å². The molecule has 0 aromatic heterocycles. The van der Waals surface area contributed by atoms with Crippen LogP contribution in [0.1, 0.15) is 31.7 Å². The van der Waals surface area contributed by atoms with Crippen LogP contribution in [0.2, 0.25) is 0 Å². The number of piperidine rings is 1. The van der Waals surface area contributed by atoms with Gasteiger partial charge in [0.2, 0.25) is 5.91 Å². The maximum absolute atomic E-state index is 12.8. The summed E-state index contributed by atoms with van der Waals surface area (Å²) in [6, 6.07) is 6.06. The van der Waals surface area contributed by atoms with E-state index in [9.17, 15) is 22.8 Å². The van der Waals surface area contributed by atoms with Gasteiger partial charge in [-0.3, -0.25) is 4.79 Å². The van der Waals surface area contributed by atoms with E-state index >= 15 is 0 Å². The second kappa shape index (κ2) is 8.12. The van der Waals surface area contributed by atoms with Gasteiger partial charge in [0, 0.05) is 25.0 Å². The van der Waals surface area contributed by atoms with Crippen molar-refractivity contribution in [3.63, 3.8) is 0 Å². The van der Waals surface area contributed by atoms with Crippen LogP contribution in [0.4, 0.5) is 18.0 Å². The number of rotatable bonds is 6. The number of amides is 2. The highest BCUT2D eigenvalue weighted by molar-refractivity contribution is 5.80. The number of alkyl halides is 3. The molecule has 2 aliphatic rings. The van der Waals surface area contributed by atoms with Crippen LogP contribution in [0.25, 0.3) is 0 Å². The predicted molar refractivity (Wildman–Crippen MR) is 98.3 cm³/mol. The number of nitrogens with one attached hydrogen (secondary N) is 1. The molecule has 1 aromatic carbocycles. The van der Waals surface area contributed by atoms with E-state index in [1.807, 2.05) is 11.8 Å². The molecule has 6 nitrogen and oxygen atoms in total. The van der Waals surface area contributed by atoms with Crippen LogP contribution in [0, 0.1) is 11.8 Å². The van der Waals surface area contributed by atoms with Crippen molar-refractivity contribution in [2.75, 3.05) is 26.7 Å². The number of hydrogen-bond donors (Lipinski definition) is 1. The van der Waals surface area contributed by atoms with E-state index in [-0.39, 0.29) is 29.5 Å². The lowest BCUT2D eigenvalue weighted by molar-refractivity contribution is -0.274. The molecule has 1 aliphatic carbocycles. The van der Waals surface area contributed by atoms with E-state index in [1.165, 1.54) is 19.2 Å². The van der Waals surface area contributed by atoms with E-state index in [2.05, 4.69) is 14.8 Å². The Kier molecular flexibility index (Phi) is 5.95. The second-order valence-electron chi connectivity index (χ2n) is 7.64. The highest BCUT2D eigenvalue weighted by Gasteiger charge is 2.58. The fraction of sp³-hybridized carbons (Fsp3) is 0.600. The molecule has 9 heteroatoms. The molecule has 2 unspecified atom stereocenters. The van der Waals surface area contributed by atoms with E-state index in [0.717, 1.165) is 18.4 Å². The maximum Gasteiger partial charge on any atom is 0.573 e. The molecule has 3 atom stereocenters.